The molecule has 2 heterocycles. The highest BCUT2D eigenvalue weighted by Gasteiger charge is 2.46. The van der Waals surface area contributed by atoms with Crippen LogP contribution in [0.3, 0.4) is 0 Å². The zero-order valence-electron chi connectivity index (χ0n) is 12.9. The summed E-state index contributed by atoms with van der Waals surface area (Å²) >= 11 is 0. The van der Waals surface area contributed by atoms with Gasteiger partial charge in [-0.3, -0.25) is 0 Å². The van der Waals surface area contributed by atoms with Crippen LogP contribution in [-0.2, 0) is 9.47 Å². The van der Waals surface area contributed by atoms with E-state index >= 15 is 0 Å². The van der Waals surface area contributed by atoms with Gasteiger partial charge in [-0.05, 0) is 25.7 Å². The van der Waals surface area contributed by atoms with Gasteiger partial charge in [-0.25, -0.2) is 9.48 Å². The number of nitrogens with zero attached hydrogens (tertiary/aromatic N) is 3. The predicted molar refractivity (Wildman–Crippen MR) is 77.4 cm³/mol. The number of aliphatic hydroxyl groups is 1. The van der Waals surface area contributed by atoms with Crippen LogP contribution in [0.15, 0.2) is 6.20 Å². The Hall–Kier alpha value is -1.47. The summed E-state index contributed by atoms with van der Waals surface area (Å²) in [6.07, 6.45) is 6.95. The second kappa shape index (κ2) is 6.34. The van der Waals surface area contributed by atoms with Gasteiger partial charge in [0.1, 0.15) is 0 Å². The molecule has 2 aliphatic rings. The number of rotatable bonds is 2. The molecule has 0 unspecified atom stereocenters. The van der Waals surface area contributed by atoms with Crippen LogP contribution in [0.25, 0.3) is 0 Å². The van der Waals surface area contributed by atoms with Crippen LogP contribution in [0.5, 0.6) is 0 Å². The molecular formula is C15H23N3O4. The molecule has 1 aliphatic carbocycles. The molecule has 0 radical (unpaired) electrons. The first kappa shape index (κ1) is 15.4. The second-order valence-corrected chi connectivity index (χ2v) is 6.35. The summed E-state index contributed by atoms with van der Waals surface area (Å²) in [7, 11) is 1.31. The minimum Gasteiger partial charge on any atom is -0.464 e. The molecule has 7 heteroatoms. The first-order chi connectivity index (χ1) is 10.7. The highest BCUT2D eigenvalue weighted by molar-refractivity contribution is 5.86. The number of hydrogen-bond donors (Lipinski definition) is 1. The first-order valence-electron chi connectivity index (χ1n) is 7.92. The van der Waals surface area contributed by atoms with Gasteiger partial charge >= 0.3 is 5.97 Å². The highest BCUT2D eigenvalue weighted by atomic mass is 16.5. The number of esters is 1. The molecule has 1 aliphatic heterocycles. The van der Waals surface area contributed by atoms with Crippen molar-refractivity contribution in [3.8, 4) is 0 Å². The van der Waals surface area contributed by atoms with Crippen LogP contribution in [-0.4, -0.2) is 52.5 Å². The third-order valence-electron chi connectivity index (χ3n) is 5.01. The van der Waals surface area contributed by atoms with Crippen LogP contribution in [0.2, 0.25) is 0 Å². The van der Waals surface area contributed by atoms with E-state index < -0.39 is 12.1 Å². The van der Waals surface area contributed by atoms with Gasteiger partial charge < -0.3 is 14.6 Å². The van der Waals surface area contributed by atoms with Crippen LogP contribution in [0, 0.1) is 5.41 Å². The number of methoxy groups -OCH3 is 1. The standard InChI is InChI=1S/C15H23N3O4/c1-21-14(20)11-9-18(17-16-11)12-5-4-7-15(13(12)19)6-2-3-8-22-10-15/h9,12-13,19H,2-8,10H2,1H3/t12-,13+,15+/m0/s1. The molecule has 1 saturated heterocycles. The van der Waals surface area contributed by atoms with Crippen molar-refractivity contribution in [3.05, 3.63) is 11.9 Å². The topological polar surface area (TPSA) is 86.5 Å². The van der Waals surface area contributed by atoms with Gasteiger partial charge in [0, 0.05) is 12.0 Å². The van der Waals surface area contributed by atoms with Crippen LogP contribution < -0.4 is 0 Å². The Balaban J connectivity index is 1.81. The van der Waals surface area contributed by atoms with Crippen molar-refractivity contribution < 1.29 is 19.4 Å². The Morgan fingerprint density at radius 1 is 1.45 bits per heavy atom. The Bertz CT molecular complexity index is 523. The van der Waals surface area contributed by atoms with Gasteiger partial charge in [0.25, 0.3) is 0 Å². The lowest BCUT2D eigenvalue weighted by Gasteiger charge is -2.44. The smallest absolute Gasteiger partial charge is 0.360 e. The molecule has 0 amide bonds. The van der Waals surface area contributed by atoms with Gasteiger partial charge in [0.05, 0.1) is 32.1 Å². The normalized spacial score (nSPS) is 32.6. The summed E-state index contributed by atoms with van der Waals surface area (Å²) in [5.41, 5.74) is -0.0250. The summed E-state index contributed by atoms with van der Waals surface area (Å²) in [6.45, 7) is 1.37. The van der Waals surface area contributed by atoms with Gasteiger partial charge in [-0.15, -0.1) is 5.10 Å². The number of aliphatic hydroxyl groups excluding tert-OH is 1. The lowest BCUT2D eigenvalue weighted by molar-refractivity contribution is -0.0903. The highest BCUT2D eigenvalue weighted by Crippen LogP contribution is 2.46. The fourth-order valence-corrected chi connectivity index (χ4v) is 3.75. The van der Waals surface area contributed by atoms with Gasteiger partial charge in [-0.1, -0.05) is 18.1 Å². The van der Waals surface area contributed by atoms with Crippen molar-refractivity contribution in [1.29, 1.82) is 0 Å². The zero-order valence-corrected chi connectivity index (χ0v) is 12.9. The molecule has 1 aromatic heterocycles. The second-order valence-electron chi connectivity index (χ2n) is 6.35. The van der Waals surface area contributed by atoms with Crippen molar-refractivity contribution in [1.82, 2.24) is 15.0 Å². The monoisotopic (exact) mass is 309 g/mol. The molecule has 1 spiro atoms. The molecule has 0 bridgehead atoms. The maximum absolute atomic E-state index is 11.5. The fourth-order valence-electron chi connectivity index (χ4n) is 3.75. The average molecular weight is 309 g/mol. The summed E-state index contributed by atoms with van der Waals surface area (Å²) in [4.78, 5) is 11.5. The molecule has 1 saturated carbocycles. The first-order valence-corrected chi connectivity index (χ1v) is 7.92. The predicted octanol–water partition coefficient (Wildman–Crippen LogP) is 1.34. The van der Waals surface area contributed by atoms with E-state index in [1.54, 1.807) is 10.9 Å². The van der Waals surface area contributed by atoms with E-state index in [1.807, 2.05) is 0 Å². The van der Waals surface area contributed by atoms with E-state index in [4.69, 9.17) is 4.74 Å². The minimum atomic E-state index is -0.536. The average Bonchev–Trinajstić information content (AvgIpc) is 2.90. The number of ether oxygens (including phenoxy) is 2. The molecule has 2 fully saturated rings. The maximum Gasteiger partial charge on any atom is 0.360 e. The molecule has 122 valence electrons. The molecule has 3 atom stereocenters. The van der Waals surface area contributed by atoms with E-state index in [9.17, 15) is 9.90 Å². The van der Waals surface area contributed by atoms with Crippen molar-refractivity contribution in [2.75, 3.05) is 20.3 Å². The van der Waals surface area contributed by atoms with E-state index in [0.29, 0.717) is 6.61 Å². The Morgan fingerprint density at radius 2 is 2.27 bits per heavy atom. The van der Waals surface area contributed by atoms with Crippen molar-refractivity contribution in [3.63, 3.8) is 0 Å². The summed E-state index contributed by atoms with van der Waals surface area (Å²) < 4.78 is 12.0. The quantitative estimate of drug-likeness (QED) is 0.830. The number of hydrogen-bond acceptors (Lipinski definition) is 6. The Kier molecular flexibility index (Phi) is 4.44. The van der Waals surface area contributed by atoms with Crippen molar-refractivity contribution in [2.45, 2.75) is 50.7 Å². The summed E-state index contributed by atoms with van der Waals surface area (Å²) in [5, 5.41) is 18.8. The lowest BCUT2D eigenvalue weighted by Crippen LogP contribution is -2.47. The van der Waals surface area contributed by atoms with E-state index in [0.717, 1.165) is 45.1 Å². The van der Waals surface area contributed by atoms with E-state index in [1.165, 1.54) is 7.11 Å². The summed E-state index contributed by atoms with van der Waals surface area (Å²) in [5.74, 6) is -0.510. The summed E-state index contributed by atoms with van der Waals surface area (Å²) in [6, 6.07) is -0.165. The maximum atomic E-state index is 11.5. The van der Waals surface area contributed by atoms with Gasteiger partial charge in [0.2, 0.25) is 0 Å². The largest absolute Gasteiger partial charge is 0.464 e. The van der Waals surface area contributed by atoms with Crippen LogP contribution in [0.1, 0.15) is 55.1 Å². The van der Waals surface area contributed by atoms with E-state index in [-0.39, 0.29) is 17.2 Å². The zero-order chi connectivity index (χ0) is 15.6. The van der Waals surface area contributed by atoms with E-state index in [2.05, 4.69) is 15.0 Å². The molecule has 22 heavy (non-hydrogen) atoms. The van der Waals surface area contributed by atoms with Crippen molar-refractivity contribution >= 4 is 5.97 Å². The van der Waals surface area contributed by atoms with Gasteiger partial charge in [0.15, 0.2) is 5.69 Å². The third-order valence-corrected chi connectivity index (χ3v) is 5.01. The van der Waals surface area contributed by atoms with Gasteiger partial charge in [-0.2, -0.15) is 0 Å². The molecule has 1 aromatic rings. The Morgan fingerprint density at radius 3 is 3.09 bits per heavy atom. The molecule has 0 aromatic carbocycles. The van der Waals surface area contributed by atoms with Crippen LogP contribution in [0.4, 0.5) is 0 Å². The minimum absolute atomic E-state index is 0.165. The SMILES string of the molecule is COC(=O)c1cn([C@H]2CCC[C@@]3(CCCCOC3)[C@@H]2O)nn1. The number of aromatic nitrogens is 3. The van der Waals surface area contributed by atoms with Crippen molar-refractivity contribution in [2.24, 2.45) is 5.41 Å². The van der Waals surface area contributed by atoms with Crippen LogP contribution >= 0.6 is 0 Å². The number of carbonyl (C=O) groups excluding carboxylic acids is 1. The Labute approximate surface area is 129 Å². The third kappa shape index (κ3) is 2.75. The molecule has 3 rings (SSSR count). The number of carbonyl (C=O) groups is 1. The molecule has 1 N–H and O–H groups in total. The molecule has 7 nitrogen and oxygen atoms in total. The molecular weight excluding hydrogens is 286 g/mol. The lowest BCUT2D eigenvalue weighted by atomic mass is 9.67. The fraction of sp³-hybridized carbons (Fsp3) is 0.800.